The smallest absolute Gasteiger partial charge is 0.412 e. The summed E-state index contributed by atoms with van der Waals surface area (Å²) in [6, 6.07) is 7.74. The number of rotatable bonds is 6. The molecule has 0 aliphatic carbocycles. The molecule has 178 valence electrons. The van der Waals surface area contributed by atoms with Gasteiger partial charge in [0.1, 0.15) is 5.60 Å². The third kappa shape index (κ3) is 10.2. The molecule has 0 aliphatic heterocycles. The Kier molecular flexibility index (Phi) is 10.9. The van der Waals surface area contributed by atoms with Crippen molar-refractivity contribution in [3.8, 4) is 0 Å². The summed E-state index contributed by atoms with van der Waals surface area (Å²) >= 11 is 1.69. The number of guanidine groups is 1. The molecule has 3 N–H and O–H groups in total. The number of carbonyl (C=O) groups is 1. The number of amides is 1. The molecule has 2 rings (SSSR count). The lowest BCUT2D eigenvalue weighted by Gasteiger charge is -2.19. The standard InChI is InChI=1S/C23H35N5O2S.HI/c1-22(2,3)19-27-18(15-31-19)14-26-20(24-7)25-13-12-16-8-10-17(11-9-16)28-21(29)30-23(4,5)6;/h8-11,15H,12-14H2,1-7H3,(H,28,29)(H2,24,25,26);1H. The molecule has 0 bridgehead atoms. The molecule has 0 aliphatic rings. The minimum absolute atomic E-state index is 0. The van der Waals surface area contributed by atoms with Gasteiger partial charge in [-0.15, -0.1) is 35.3 Å². The first-order valence-electron chi connectivity index (χ1n) is 10.4. The van der Waals surface area contributed by atoms with Crippen LogP contribution in [0.5, 0.6) is 0 Å². The van der Waals surface area contributed by atoms with Gasteiger partial charge in [0.15, 0.2) is 5.96 Å². The fraction of sp³-hybridized carbons (Fsp3) is 0.522. The molecule has 0 saturated heterocycles. The number of aromatic nitrogens is 1. The largest absolute Gasteiger partial charge is 0.444 e. The fourth-order valence-electron chi connectivity index (χ4n) is 2.63. The molecule has 0 saturated carbocycles. The van der Waals surface area contributed by atoms with Crippen LogP contribution in [0.15, 0.2) is 34.6 Å². The Balaban J connectivity index is 0.00000512. The molecule has 0 unspecified atom stereocenters. The Morgan fingerprint density at radius 1 is 1.09 bits per heavy atom. The Bertz CT molecular complexity index is 883. The Morgan fingerprint density at radius 3 is 2.28 bits per heavy atom. The Morgan fingerprint density at radius 2 is 1.75 bits per heavy atom. The minimum atomic E-state index is -0.517. The van der Waals surface area contributed by atoms with Crippen LogP contribution < -0.4 is 16.0 Å². The highest BCUT2D eigenvalue weighted by Crippen LogP contribution is 2.25. The lowest BCUT2D eigenvalue weighted by Crippen LogP contribution is -2.37. The zero-order valence-corrected chi connectivity index (χ0v) is 23.2. The Hall–Kier alpha value is -1.88. The Labute approximate surface area is 212 Å². The van der Waals surface area contributed by atoms with Gasteiger partial charge in [0, 0.05) is 30.1 Å². The van der Waals surface area contributed by atoms with Gasteiger partial charge in [0.2, 0.25) is 0 Å². The van der Waals surface area contributed by atoms with Crippen molar-refractivity contribution < 1.29 is 9.53 Å². The second-order valence-electron chi connectivity index (χ2n) is 9.32. The van der Waals surface area contributed by atoms with E-state index < -0.39 is 11.7 Å². The summed E-state index contributed by atoms with van der Waals surface area (Å²) < 4.78 is 5.26. The van der Waals surface area contributed by atoms with E-state index in [1.54, 1.807) is 18.4 Å². The third-order valence-electron chi connectivity index (χ3n) is 4.16. The fourth-order valence-corrected chi connectivity index (χ4v) is 3.54. The lowest BCUT2D eigenvalue weighted by atomic mass is 9.98. The van der Waals surface area contributed by atoms with Crippen LogP contribution >= 0.6 is 35.3 Å². The average Bonchev–Trinajstić information content (AvgIpc) is 3.14. The highest BCUT2D eigenvalue weighted by Gasteiger charge is 2.18. The van der Waals surface area contributed by atoms with Gasteiger partial charge >= 0.3 is 6.09 Å². The molecule has 0 spiro atoms. The summed E-state index contributed by atoms with van der Waals surface area (Å²) in [7, 11) is 1.76. The van der Waals surface area contributed by atoms with Crippen LogP contribution in [-0.2, 0) is 23.1 Å². The highest BCUT2D eigenvalue weighted by atomic mass is 127. The van der Waals surface area contributed by atoms with Gasteiger partial charge in [-0.3, -0.25) is 10.3 Å². The number of hydrogen-bond acceptors (Lipinski definition) is 5. The molecule has 32 heavy (non-hydrogen) atoms. The number of benzene rings is 1. The van der Waals surface area contributed by atoms with E-state index in [0.717, 1.165) is 35.2 Å². The molecule has 0 fully saturated rings. The minimum Gasteiger partial charge on any atom is -0.444 e. The molecular weight excluding hydrogens is 537 g/mol. The van der Waals surface area contributed by atoms with Crippen LogP contribution in [-0.4, -0.2) is 36.2 Å². The molecule has 1 amide bonds. The van der Waals surface area contributed by atoms with Gasteiger partial charge in [-0.1, -0.05) is 32.9 Å². The van der Waals surface area contributed by atoms with Gasteiger partial charge in [-0.2, -0.15) is 0 Å². The molecule has 7 nitrogen and oxygen atoms in total. The summed E-state index contributed by atoms with van der Waals surface area (Å²) in [6.45, 7) is 13.4. The molecule has 2 aromatic rings. The second-order valence-corrected chi connectivity index (χ2v) is 10.2. The monoisotopic (exact) mass is 573 g/mol. The van der Waals surface area contributed by atoms with E-state index in [-0.39, 0.29) is 29.4 Å². The van der Waals surface area contributed by atoms with Crippen molar-refractivity contribution in [2.45, 2.75) is 65.5 Å². The number of thiazole rings is 1. The number of ether oxygens (including phenoxy) is 1. The lowest BCUT2D eigenvalue weighted by molar-refractivity contribution is 0.0636. The average molecular weight is 574 g/mol. The first-order chi connectivity index (χ1) is 14.5. The van der Waals surface area contributed by atoms with E-state index in [1.807, 2.05) is 45.0 Å². The van der Waals surface area contributed by atoms with Crippen molar-refractivity contribution in [2.75, 3.05) is 18.9 Å². The normalized spacial score (nSPS) is 12.0. The van der Waals surface area contributed by atoms with Crippen molar-refractivity contribution in [3.05, 3.63) is 45.9 Å². The molecule has 9 heteroatoms. The van der Waals surface area contributed by atoms with Crippen LogP contribution in [0.1, 0.15) is 57.8 Å². The number of carbonyl (C=O) groups excluding carboxylic acids is 1. The van der Waals surface area contributed by atoms with Crippen LogP contribution in [0.3, 0.4) is 0 Å². The maximum absolute atomic E-state index is 11.8. The van der Waals surface area contributed by atoms with Gasteiger partial charge in [-0.05, 0) is 44.9 Å². The predicted octanol–water partition coefficient (Wildman–Crippen LogP) is 5.31. The predicted molar refractivity (Wildman–Crippen MR) is 144 cm³/mol. The quantitative estimate of drug-likeness (QED) is 0.248. The van der Waals surface area contributed by atoms with Gasteiger partial charge in [-0.25, -0.2) is 9.78 Å². The summed E-state index contributed by atoms with van der Waals surface area (Å²) in [5.41, 5.74) is 2.44. The van der Waals surface area contributed by atoms with E-state index in [0.29, 0.717) is 12.2 Å². The van der Waals surface area contributed by atoms with E-state index in [4.69, 9.17) is 9.72 Å². The molecule has 1 aromatic heterocycles. The summed E-state index contributed by atoms with van der Waals surface area (Å²) in [4.78, 5) is 20.8. The third-order valence-corrected chi connectivity index (χ3v) is 5.48. The van der Waals surface area contributed by atoms with Crippen molar-refractivity contribution in [1.29, 1.82) is 0 Å². The number of hydrogen-bond donors (Lipinski definition) is 3. The number of aliphatic imine (C=N–C) groups is 1. The van der Waals surface area contributed by atoms with Gasteiger partial charge in [0.05, 0.1) is 17.2 Å². The number of halogens is 1. The zero-order chi connectivity index (χ0) is 23.1. The maximum atomic E-state index is 11.8. The van der Waals surface area contributed by atoms with Crippen molar-refractivity contribution in [2.24, 2.45) is 4.99 Å². The van der Waals surface area contributed by atoms with E-state index in [2.05, 4.69) is 47.1 Å². The van der Waals surface area contributed by atoms with E-state index in [1.165, 1.54) is 0 Å². The van der Waals surface area contributed by atoms with Crippen molar-refractivity contribution >= 4 is 53.1 Å². The summed E-state index contributed by atoms with van der Waals surface area (Å²) in [5, 5.41) is 12.6. The molecule has 0 radical (unpaired) electrons. The first kappa shape index (κ1) is 28.2. The SMILES string of the molecule is CN=C(NCCc1ccc(NC(=O)OC(C)(C)C)cc1)NCc1csc(C(C)(C)C)n1.I. The van der Waals surface area contributed by atoms with Gasteiger partial charge in [0.25, 0.3) is 0 Å². The van der Waals surface area contributed by atoms with Crippen LogP contribution in [0.2, 0.25) is 0 Å². The van der Waals surface area contributed by atoms with E-state index >= 15 is 0 Å². The zero-order valence-electron chi connectivity index (χ0n) is 20.0. The van der Waals surface area contributed by atoms with Crippen molar-refractivity contribution in [3.63, 3.8) is 0 Å². The van der Waals surface area contributed by atoms with Crippen LogP contribution in [0, 0.1) is 0 Å². The number of anilines is 1. The molecule has 1 aromatic carbocycles. The summed E-state index contributed by atoms with van der Waals surface area (Å²) in [6.07, 6.45) is 0.379. The van der Waals surface area contributed by atoms with E-state index in [9.17, 15) is 4.79 Å². The van der Waals surface area contributed by atoms with Crippen LogP contribution in [0.25, 0.3) is 0 Å². The van der Waals surface area contributed by atoms with Crippen molar-refractivity contribution in [1.82, 2.24) is 15.6 Å². The molecule has 0 atom stereocenters. The topological polar surface area (TPSA) is 87.6 Å². The molecule has 1 heterocycles. The second kappa shape index (κ2) is 12.4. The molecular formula is C23H36IN5O2S. The number of nitrogens with one attached hydrogen (secondary N) is 3. The highest BCUT2D eigenvalue weighted by molar-refractivity contribution is 14.0. The summed E-state index contributed by atoms with van der Waals surface area (Å²) in [5.74, 6) is 0.744. The van der Waals surface area contributed by atoms with Gasteiger partial charge < -0.3 is 15.4 Å². The van der Waals surface area contributed by atoms with Crippen LogP contribution in [0.4, 0.5) is 10.5 Å². The number of nitrogens with zero attached hydrogens (tertiary/aromatic N) is 2. The maximum Gasteiger partial charge on any atom is 0.412 e. The first-order valence-corrected chi connectivity index (χ1v) is 11.3.